The molecule has 7 nitrogen and oxygen atoms in total. The van der Waals surface area contributed by atoms with E-state index in [0.717, 1.165) is 11.1 Å². The molecule has 0 radical (unpaired) electrons. The molecule has 0 bridgehead atoms. The molecule has 0 saturated carbocycles. The lowest BCUT2D eigenvalue weighted by Gasteiger charge is -2.22. The van der Waals surface area contributed by atoms with Gasteiger partial charge in [-0.25, -0.2) is 0 Å². The van der Waals surface area contributed by atoms with Crippen molar-refractivity contribution in [1.29, 1.82) is 0 Å². The van der Waals surface area contributed by atoms with Crippen molar-refractivity contribution in [3.63, 3.8) is 0 Å². The van der Waals surface area contributed by atoms with Crippen LogP contribution in [0.5, 0.6) is 5.75 Å². The van der Waals surface area contributed by atoms with E-state index >= 15 is 0 Å². The summed E-state index contributed by atoms with van der Waals surface area (Å²) < 4.78 is 10.9. The number of ether oxygens (including phenoxy) is 2. The molecule has 7 heteroatoms. The molecular weight excluding hydrogens is 480 g/mol. The third kappa shape index (κ3) is 8.30. The number of amides is 2. The van der Waals surface area contributed by atoms with Gasteiger partial charge in [-0.15, -0.1) is 0 Å². The van der Waals surface area contributed by atoms with Gasteiger partial charge in [-0.2, -0.15) is 0 Å². The van der Waals surface area contributed by atoms with Crippen molar-refractivity contribution in [2.45, 2.75) is 26.0 Å². The van der Waals surface area contributed by atoms with Gasteiger partial charge in [-0.1, -0.05) is 61.5 Å². The van der Waals surface area contributed by atoms with E-state index in [2.05, 4.69) is 5.32 Å². The van der Waals surface area contributed by atoms with Crippen molar-refractivity contribution in [3.05, 3.63) is 108 Å². The monoisotopic (exact) mass is 516 g/mol. The number of nitrogens with one attached hydrogen (secondary N) is 1. The molecule has 2 amide bonds. The lowest BCUT2D eigenvalue weighted by molar-refractivity contribution is -0.131. The molecule has 0 heterocycles. The molecule has 0 aliphatic carbocycles. The number of carbonyl (C=O) groups excluding carboxylic acids is 2. The topological polar surface area (TPSA) is 88.1 Å². The van der Waals surface area contributed by atoms with Gasteiger partial charge >= 0.3 is 0 Å². The average molecular weight is 517 g/mol. The van der Waals surface area contributed by atoms with E-state index in [1.165, 1.54) is 0 Å². The molecule has 0 saturated heterocycles. The highest BCUT2D eigenvalue weighted by Crippen LogP contribution is 2.28. The maximum absolute atomic E-state index is 12.8. The Morgan fingerprint density at radius 2 is 1.66 bits per heavy atom. The van der Waals surface area contributed by atoms with Crippen molar-refractivity contribution in [2.75, 3.05) is 32.7 Å². The highest BCUT2D eigenvalue weighted by molar-refractivity contribution is 6.04. The normalized spacial score (nSPS) is 12.6. The summed E-state index contributed by atoms with van der Waals surface area (Å²) in [5.41, 5.74) is 3.21. The minimum absolute atomic E-state index is 0.00737. The number of nitrogens with zero attached hydrogens (tertiary/aromatic N) is 1. The number of benzene rings is 3. The molecule has 2 atom stereocenters. The number of hydrogen-bond acceptors (Lipinski definition) is 5. The number of aliphatic hydroxyl groups excluding tert-OH is 1. The first-order valence-electron chi connectivity index (χ1n) is 12.6. The molecule has 0 spiro atoms. The predicted molar refractivity (Wildman–Crippen MR) is 149 cm³/mol. The number of rotatable bonds is 13. The Bertz CT molecular complexity index is 1180. The van der Waals surface area contributed by atoms with Crippen LogP contribution in [0.2, 0.25) is 0 Å². The largest absolute Gasteiger partial charge is 0.497 e. The second kappa shape index (κ2) is 14.7. The van der Waals surface area contributed by atoms with Gasteiger partial charge in [-0.3, -0.25) is 9.59 Å². The van der Waals surface area contributed by atoms with Gasteiger partial charge in [-0.05, 0) is 47.5 Å². The van der Waals surface area contributed by atoms with Crippen molar-refractivity contribution < 1.29 is 24.2 Å². The minimum atomic E-state index is -0.217. The van der Waals surface area contributed by atoms with Gasteiger partial charge in [0.2, 0.25) is 5.91 Å². The summed E-state index contributed by atoms with van der Waals surface area (Å²) in [5.74, 6) is 0.455. The molecule has 0 aromatic heterocycles. The predicted octanol–water partition coefficient (Wildman–Crippen LogP) is 5.24. The van der Waals surface area contributed by atoms with Crippen molar-refractivity contribution in [2.24, 2.45) is 5.92 Å². The van der Waals surface area contributed by atoms with E-state index in [9.17, 15) is 14.7 Å². The minimum Gasteiger partial charge on any atom is -0.497 e. The quantitative estimate of drug-likeness (QED) is 0.304. The third-order valence-electron chi connectivity index (χ3n) is 6.25. The molecule has 38 heavy (non-hydrogen) atoms. The van der Waals surface area contributed by atoms with E-state index in [-0.39, 0.29) is 36.9 Å². The summed E-state index contributed by atoms with van der Waals surface area (Å²) in [7, 11) is 3.24. The maximum atomic E-state index is 12.8. The van der Waals surface area contributed by atoms with E-state index < -0.39 is 0 Å². The molecule has 0 fully saturated rings. The fourth-order valence-corrected chi connectivity index (χ4v) is 4.19. The highest BCUT2D eigenvalue weighted by Gasteiger charge is 2.18. The van der Waals surface area contributed by atoms with E-state index in [0.29, 0.717) is 30.1 Å². The smallest absolute Gasteiger partial charge is 0.255 e. The van der Waals surface area contributed by atoms with Crippen LogP contribution in [0.3, 0.4) is 0 Å². The van der Waals surface area contributed by atoms with Gasteiger partial charge < -0.3 is 24.8 Å². The van der Waals surface area contributed by atoms with E-state index in [4.69, 9.17) is 9.47 Å². The fraction of sp³-hybridized carbons (Fsp3) is 0.290. The van der Waals surface area contributed by atoms with E-state index in [1.807, 2.05) is 73.7 Å². The van der Waals surface area contributed by atoms with Crippen molar-refractivity contribution in [1.82, 2.24) is 4.90 Å². The van der Waals surface area contributed by atoms with Crippen LogP contribution in [-0.4, -0.2) is 49.2 Å². The van der Waals surface area contributed by atoms with Crippen molar-refractivity contribution >= 4 is 17.5 Å². The van der Waals surface area contributed by atoms with Gasteiger partial charge in [0.15, 0.2) is 0 Å². The number of carbonyl (C=O) groups is 2. The lowest BCUT2D eigenvalue weighted by Crippen LogP contribution is -2.32. The molecule has 3 aromatic carbocycles. The van der Waals surface area contributed by atoms with Crippen LogP contribution in [0.1, 0.15) is 40.9 Å². The van der Waals surface area contributed by atoms with Crippen LogP contribution in [0.25, 0.3) is 0 Å². The summed E-state index contributed by atoms with van der Waals surface area (Å²) >= 11 is 0. The van der Waals surface area contributed by atoms with Gasteiger partial charge in [0.1, 0.15) is 5.75 Å². The van der Waals surface area contributed by atoms with Gasteiger partial charge in [0, 0.05) is 43.8 Å². The number of aliphatic hydroxyl groups is 1. The van der Waals surface area contributed by atoms with Crippen LogP contribution in [0.4, 0.5) is 5.69 Å². The molecule has 3 aromatic rings. The first kappa shape index (κ1) is 28.6. The molecule has 0 aliphatic rings. The Morgan fingerprint density at radius 1 is 0.974 bits per heavy atom. The van der Waals surface area contributed by atoms with E-state index in [1.54, 1.807) is 43.4 Å². The summed E-state index contributed by atoms with van der Waals surface area (Å²) in [6.45, 7) is 2.70. The molecule has 2 N–H and O–H groups in total. The van der Waals surface area contributed by atoms with Crippen LogP contribution in [0.15, 0.2) is 91.0 Å². The third-order valence-corrected chi connectivity index (χ3v) is 6.25. The van der Waals surface area contributed by atoms with Crippen LogP contribution < -0.4 is 10.1 Å². The second-order valence-electron chi connectivity index (χ2n) is 8.98. The van der Waals surface area contributed by atoms with Crippen molar-refractivity contribution in [3.8, 4) is 5.75 Å². The second-order valence-corrected chi connectivity index (χ2v) is 8.98. The highest BCUT2D eigenvalue weighted by atomic mass is 16.5. The Balaban J connectivity index is 1.57. The summed E-state index contributed by atoms with van der Waals surface area (Å²) in [4.78, 5) is 27.0. The lowest BCUT2D eigenvalue weighted by atomic mass is 9.96. The van der Waals surface area contributed by atoms with Crippen LogP contribution >= 0.6 is 0 Å². The Morgan fingerprint density at radius 3 is 2.26 bits per heavy atom. The number of hydrogen-bond donors (Lipinski definition) is 2. The zero-order valence-electron chi connectivity index (χ0n) is 22.2. The number of anilines is 1. The Labute approximate surface area is 224 Å². The summed E-state index contributed by atoms with van der Waals surface area (Å²) in [6.07, 6.45) is 3.86. The Hall–Kier alpha value is -3.94. The molecule has 200 valence electrons. The zero-order valence-corrected chi connectivity index (χ0v) is 22.2. The molecule has 0 aliphatic heterocycles. The first-order valence-corrected chi connectivity index (χ1v) is 12.6. The standard InChI is InChI=1S/C31H36N2O5/c1-23(8-7-11-29(35)33(20-21-34)22-24-9-5-4-6-10-24)30(38-3)25-12-16-27(17-13-25)32-31(36)26-14-18-28(37-2)19-15-26/h4-10,12-19,23,30,34H,11,20-22H2,1-3H3,(H,32,36)/b8-7+/t23-,30+/m0/s1. The summed E-state index contributed by atoms with van der Waals surface area (Å²) in [5, 5.41) is 12.3. The Kier molecular flexibility index (Phi) is 11.1. The summed E-state index contributed by atoms with van der Waals surface area (Å²) in [6, 6.07) is 24.2. The maximum Gasteiger partial charge on any atom is 0.255 e. The molecular formula is C31H36N2O5. The van der Waals surface area contributed by atoms with Crippen LogP contribution in [0, 0.1) is 5.92 Å². The fourth-order valence-electron chi connectivity index (χ4n) is 4.19. The SMILES string of the molecule is COc1ccc(C(=O)Nc2ccc([C@H](OC)[C@@H](C)/C=C/CC(=O)N(CCO)Cc3ccccc3)cc2)cc1. The van der Waals surface area contributed by atoms with Gasteiger partial charge in [0.25, 0.3) is 5.91 Å². The molecule has 0 unspecified atom stereocenters. The van der Waals surface area contributed by atoms with Crippen LogP contribution in [-0.2, 0) is 16.1 Å². The zero-order chi connectivity index (χ0) is 27.3. The first-order chi connectivity index (χ1) is 18.4. The molecule has 3 rings (SSSR count). The number of methoxy groups -OCH3 is 2. The van der Waals surface area contributed by atoms with Gasteiger partial charge in [0.05, 0.1) is 19.8 Å². The average Bonchev–Trinajstić information content (AvgIpc) is 2.94.